The van der Waals surface area contributed by atoms with Crippen LogP contribution in [0.1, 0.15) is 49.7 Å². The van der Waals surface area contributed by atoms with Crippen LogP contribution in [0.5, 0.6) is 0 Å². The van der Waals surface area contributed by atoms with Gasteiger partial charge in [-0.25, -0.2) is 4.98 Å². The summed E-state index contributed by atoms with van der Waals surface area (Å²) in [5.41, 5.74) is 7.30. The summed E-state index contributed by atoms with van der Waals surface area (Å²) >= 11 is 1.75. The highest BCUT2D eigenvalue weighted by atomic mass is 32.1. The minimum Gasteiger partial charge on any atom is -0.319 e. The first-order chi connectivity index (χ1) is 6.93. The van der Waals surface area contributed by atoms with Gasteiger partial charge in [-0.15, -0.1) is 11.3 Å². The summed E-state index contributed by atoms with van der Waals surface area (Å²) in [7, 11) is 0. The van der Waals surface area contributed by atoms with Gasteiger partial charge < -0.3 is 5.73 Å². The zero-order chi connectivity index (χ0) is 11.6. The van der Waals surface area contributed by atoms with Crippen molar-refractivity contribution in [2.45, 2.75) is 53.0 Å². The van der Waals surface area contributed by atoms with E-state index in [0.29, 0.717) is 5.92 Å². The van der Waals surface area contributed by atoms with Crippen LogP contribution in [0.15, 0.2) is 0 Å². The van der Waals surface area contributed by atoms with E-state index < -0.39 is 0 Å². The van der Waals surface area contributed by atoms with Crippen LogP contribution in [-0.2, 0) is 12.0 Å². The van der Waals surface area contributed by atoms with Gasteiger partial charge in [0.05, 0.1) is 11.2 Å². The fourth-order valence-electron chi connectivity index (χ4n) is 1.62. The van der Waals surface area contributed by atoms with Crippen molar-refractivity contribution in [3.63, 3.8) is 0 Å². The molecule has 0 saturated carbocycles. The van der Waals surface area contributed by atoms with E-state index in [-0.39, 0.29) is 5.54 Å². The molecule has 15 heavy (non-hydrogen) atoms. The number of nitrogens with two attached hydrogens (primary N) is 1. The van der Waals surface area contributed by atoms with Gasteiger partial charge in [-0.05, 0) is 26.2 Å². The highest BCUT2D eigenvalue weighted by molar-refractivity contribution is 7.11. The lowest BCUT2D eigenvalue weighted by Gasteiger charge is -2.28. The van der Waals surface area contributed by atoms with Crippen molar-refractivity contribution in [1.82, 2.24) is 4.98 Å². The molecule has 0 spiro atoms. The second-order valence-electron chi connectivity index (χ2n) is 4.47. The molecule has 0 bridgehead atoms. The number of aryl methyl sites for hydroxylation is 2. The van der Waals surface area contributed by atoms with Gasteiger partial charge in [0, 0.05) is 4.88 Å². The summed E-state index contributed by atoms with van der Waals surface area (Å²) in [4.78, 5) is 5.97. The van der Waals surface area contributed by atoms with Crippen molar-refractivity contribution < 1.29 is 0 Å². The Morgan fingerprint density at radius 3 is 2.47 bits per heavy atom. The second kappa shape index (κ2) is 4.62. The Kier molecular flexibility index (Phi) is 3.90. The molecule has 0 amide bonds. The summed E-state index contributed by atoms with van der Waals surface area (Å²) in [5.74, 6) is 0.466. The lowest BCUT2D eigenvalue weighted by molar-refractivity contribution is 0.314. The van der Waals surface area contributed by atoms with Gasteiger partial charge in [0.25, 0.3) is 0 Å². The van der Waals surface area contributed by atoms with Crippen LogP contribution < -0.4 is 5.73 Å². The highest BCUT2D eigenvalue weighted by Crippen LogP contribution is 2.33. The fraction of sp³-hybridized carbons (Fsp3) is 0.750. The van der Waals surface area contributed by atoms with Gasteiger partial charge in [-0.2, -0.15) is 0 Å². The molecule has 0 aliphatic heterocycles. The predicted octanol–water partition coefficient (Wildman–Crippen LogP) is 3.23. The summed E-state index contributed by atoms with van der Waals surface area (Å²) in [6.45, 7) is 10.7. The maximum absolute atomic E-state index is 6.38. The first-order valence-electron chi connectivity index (χ1n) is 5.69. The van der Waals surface area contributed by atoms with E-state index in [9.17, 15) is 0 Å². The molecule has 2 nitrogen and oxygen atoms in total. The third-order valence-corrected chi connectivity index (χ3v) is 4.59. The largest absolute Gasteiger partial charge is 0.319 e. The van der Waals surface area contributed by atoms with E-state index in [1.165, 1.54) is 10.6 Å². The van der Waals surface area contributed by atoms with Crippen molar-refractivity contribution in [1.29, 1.82) is 0 Å². The van der Waals surface area contributed by atoms with Crippen LogP contribution in [0, 0.1) is 12.8 Å². The lowest BCUT2D eigenvalue weighted by Crippen LogP contribution is -2.39. The van der Waals surface area contributed by atoms with E-state index in [4.69, 9.17) is 5.73 Å². The molecule has 2 N–H and O–H groups in total. The van der Waals surface area contributed by atoms with Gasteiger partial charge in [-0.3, -0.25) is 0 Å². The summed E-state index contributed by atoms with van der Waals surface area (Å²) < 4.78 is 0. The van der Waals surface area contributed by atoms with Crippen LogP contribution >= 0.6 is 11.3 Å². The number of hydrogen-bond donors (Lipinski definition) is 1. The molecule has 1 heterocycles. The zero-order valence-electron chi connectivity index (χ0n) is 10.4. The number of rotatable bonds is 4. The molecule has 0 aromatic carbocycles. The average molecular weight is 226 g/mol. The fourth-order valence-corrected chi connectivity index (χ4v) is 2.80. The van der Waals surface area contributed by atoms with Crippen LogP contribution in [0.4, 0.5) is 0 Å². The SMILES string of the molecule is CCc1nc(C(C)(N)C(C)CC)sc1C. The molecular weight excluding hydrogens is 204 g/mol. The maximum atomic E-state index is 6.38. The molecule has 2 unspecified atom stereocenters. The average Bonchev–Trinajstić information content (AvgIpc) is 2.58. The predicted molar refractivity (Wildman–Crippen MR) is 67.2 cm³/mol. The standard InChI is InChI=1S/C12H22N2S/c1-6-8(3)12(5,13)11-14-10(7-2)9(4)15-11/h8H,6-7,13H2,1-5H3. The number of aromatic nitrogens is 1. The molecule has 3 heteroatoms. The molecule has 1 aromatic rings. The normalized spacial score (nSPS) is 17.5. The smallest absolute Gasteiger partial charge is 0.113 e. The molecule has 0 saturated heterocycles. The first kappa shape index (κ1) is 12.7. The minimum absolute atomic E-state index is 0.280. The van der Waals surface area contributed by atoms with Crippen LogP contribution in [0.3, 0.4) is 0 Å². The minimum atomic E-state index is -0.280. The molecule has 1 rings (SSSR count). The van der Waals surface area contributed by atoms with Crippen molar-refractivity contribution in [2.75, 3.05) is 0 Å². The Morgan fingerprint density at radius 1 is 1.47 bits per heavy atom. The Balaban J connectivity index is 3.04. The van der Waals surface area contributed by atoms with E-state index in [2.05, 4.69) is 39.6 Å². The summed E-state index contributed by atoms with van der Waals surface area (Å²) in [6.07, 6.45) is 2.09. The van der Waals surface area contributed by atoms with E-state index in [0.717, 1.165) is 17.8 Å². The number of thiazole rings is 1. The van der Waals surface area contributed by atoms with Crippen LogP contribution in [0.25, 0.3) is 0 Å². The Bertz CT molecular complexity index is 328. The van der Waals surface area contributed by atoms with Crippen LogP contribution in [-0.4, -0.2) is 4.98 Å². The molecule has 86 valence electrons. The van der Waals surface area contributed by atoms with E-state index >= 15 is 0 Å². The van der Waals surface area contributed by atoms with E-state index in [1.54, 1.807) is 11.3 Å². The van der Waals surface area contributed by atoms with Gasteiger partial charge in [0.1, 0.15) is 5.01 Å². The van der Waals surface area contributed by atoms with Crippen molar-refractivity contribution >= 4 is 11.3 Å². The third kappa shape index (κ3) is 2.40. The second-order valence-corrected chi connectivity index (χ2v) is 5.67. The number of nitrogens with zero attached hydrogens (tertiary/aromatic N) is 1. The Morgan fingerprint density at radius 2 is 2.07 bits per heavy atom. The quantitative estimate of drug-likeness (QED) is 0.856. The summed E-state index contributed by atoms with van der Waals surface area (Å²) in [6, 6.07) is 0. The molecule has 0 radical (unpaired) electrons. The van der Waals surface area contributed by atoms with Crippen LogP contribution in [0.2, 0.25) is 0 Å². The van der Waals surface area contributed by atoms with Gasteiger partial charge in [0.2, 0.25) is 0 Å². The molecule has 0 aliphatic carbocycles. The van der Waals surface area contributed by atoms with Gasteiger partial charge >= 0.3 is 0 Å². The van der Waals surface area contributed by atoms with Gasteiger partial charge in [0.15, 0.2) is 0 Å². The lowest BCUT2D eigenvalue weighted by atomic mass is 9.87. The third-order valence-electron chi connectivity index (χ3n) is 3.32. The molecule has 0 fully saturated rings. The van der Waals surface area contributed by atoms with E-state index in [1.807, 2.05) is 0 Å². The summed E-state index contributed by atoms with van der Waals surface area (Å²) in [5, 5.41) is 1.09. The zero-order valence-corrected chi connectivity index (χ0v) is 11.2. The topological polar surface area (TPSA) is 38.9 Å². The maximum Gasteiger partial charge on any atom is 0.113 e. The Labute approximate surface area is 96.9 Å². The Hall–Kier alpha value is -0.410. The molecule has 2 atom stereocenters. The molecule has 0 aliphatic rings. The van der Waals surface area contributed by atoms with Crippen molar-refractivity contribution in [2.24, 2.45) is 11.7 Å². The van der Waals surface area contributed by atoms with Gasteiger partial charge in [-0.1, -0.05) is 27.2 Å². The molecular formula is C12H22N2S. The van der Waals surface area contributed by atoms with Crippen molar-refractivity contribution in [3.8, 4) is 0 Å². The number of hydrogen-bond acceptors (Lipinski definition) is 3. The van der Waals surface area contributed by atoms with Crippen molar-refractivity contribution in [3.05, 3.63) is 15.6 Å². The molecule has 1 aromatic heterocycles. The first-order valence-corrected chi connectivity index (χ1v) is 6.50. The monoisotopic (exact) mass is 226 g/mol. The highest BCUT2D eigenvalue weighted by Gasteiger charge is 2.31.